The van der Waals surface area contributed by atoms with Crippen LogP contribution in [0.2, 0.25) is 0 Å². The lowest BCUT2D eigenvalue weighted by molar-refractivity contribution is -0.141. The number of piperidine rings is 1. The van der Waals surface area contributed by atoms with Gasteiger partial charge in [0.2, 0.25) is 5.91 Å². The molecule has 0 aromatic heterocycles. The van der Waals surface area contributed by atoms with Gasteiger partial charge in [0.25, 0.3) is 0 Å². The summed E-state index contributed by atoms with van der Waals surface area (Å²) in [5.41, 5.74) is -0.167. The number of likely N-dealkylation sites (N-methyl/N-ethyl adjacent to an activating group) is 1. The molecule has 0 spiro atoms. The quantitative estimate of drug-likeness (QED) is 0.816. The molecule has 0 aromatic rings. The molecule has 2 fully saturated rings. The molecule has 0 bridgehead atoms. The van der Waals surface area contributed by atoms with Crippen molar-refractivity contribution in [2.45, 2.75) is 32.2 Å². The standard InChI is InChI=1S/C13H25N3O.ClH/c1-13(6-4-7-14-10-13)12(17)16-8-5-11(9-16)15(2)3;/h11,14H,4-10H2,1-3H3;1H. The lowest BCUT2D eigenvalue weighted by atomic mass is 9.81. The number of nitrogens with zero attached hydrogens (tertiary/aromatic N) is 2. The van der Waals surface area contributed by atoms with E-state index in [1.807, 2.05) is 0 Å². The largest absolute Gasteiger partial charge is 0.341 e. The third-order valence-electron chi connectivity index (χ3n) is 4.29. The maximum Gasteiger partial charge on any atom is 0.229 e. The van der Waals surface area contributed by atoms with Crippen LogP contribution in [0.25, 0.3) is 0 Å². The van der Waals surface area contributed by atoms with Crippen molar-refractivity contribution in [3.63, 3.8) is 0 Å². The Hall–Kier alpha value is -0.320. The van der Waals surface area contributed by atoms with Gasteiger partial charge in [0.1, 0.15) is 0 Å². The molecule has 2 rings (SSSR count). The smallest absolute Gasteiger partial charge is 0.229 e. The van der Waals surface area contributed by atoms with Crippen LogP contribution < -0.4 is 5.32 Å². The summed E-state index contributed by atoms with van der Waals surface area (Å²) in [5.74, 6) is 0.356. The monoisotopic (exact) mass is 275 g/mol. The molecule has 106 valence electrons. The zero-order chi connectivity index (χ0) is 12.5. The number of amides is 1. The van der Waals surface area contributed by atoms with Crippen LogP contribution in [0.4, 0.5) is 0 Å². The normalized spacial score (nSPS) is 32.4. The Morgan fingerprint density at radius 1 is 1.44 bits per heavy atom. The van der Waals surface area contributed by atoms with Gasteiger partial charge in [0, 0.05) is 25.7 Å². The van der Waals surface area contributed by atoms with Gasteiger partial charge in [0.05, 0.1) is 5.41 Å². The Balaban J connectivity index is 0.00000162. The predicted octanol–water partition coefficient (Wildman–Crippen LogP) is 0.960. The van der Waals surface area contributed by atoms with Crippen molar-refractivity contribution >= 4 is 18.3 Å². The minimum Gasteiger partial charge on any atom is -0.341 e. The van der Waals surface area contributed by atoms with E-state index in [0.717, 1.165) is 45.4 Å². The van der Waals surface area contributed by atoms with E-state index in [2.05, 4.69) is 36.1 Å². The molecule has 2 heterocycles. The van der Waals surface area contributed by atoms with Crippen LogP contribution in [0, 0.1) is 5.41 Å². The number of carbonyl (C=O) groups is 1. The number of rotatable bonds is 2. The Bertz CT molecular complexity index is 290. The summed E-state index contributed by atoms with van der Waals surface area (Å²) in [6.07, 6.45) is 3.26. The summed E-state index contributed by atoms with van der Waals surface area (Å²) in [4.78, 5) is 16.9. The average molecular weight is 276 g/mol. The van der Waals surface area contributed by atoms with Gasteiger partial charge < -0.3 is 15.1 Å². The molecule has 2 saturated heterocycles. The molecular formula is C13H26ClN3O. The summed E-state index contributed by atoms with van der Waals surface area (Å²) in [7, 11) is 4.20. The number of hydrogen-bond acceptors (Lipinski definition) is 3. The van der Waals surface area contributed by atoms with Crippen molar-refractivity contribution in [2.24, 2.45) is 5.41 Å². The fraction of sp³-hybridized carbons (Fsp3) is 0.923. The lowest BCUT2D eigenvalue weighted by Crippen LogP contribution is -2.50. The van der Waals surface area contributed by atoms with Gasteiger partial charge in [-0.2, -0.15) is 0 Å². The number of nitrogens with one attached hydrogen (secondary N) is 1. The molecule has 4 nitrogen and oxygen atoms in total. The first kappa shape index (κ1) is 15.7. The fourth-order valence-corrected chi connectivity index (χ4v) is 2.97. The molecule has 2 unspecified atom stereocenters. The summed E-state index contributed by atoms with van der Waals surface area (Å²) in [6.45, 7) is 5.85. The van der Waals surface area contributed by atoms with E-state index in [0.29, 0.717) is 11.9 Å². The summed E-state index contributed by atoms with van der Waals surface area (Å²) < 4.78 is 0. The van der Waals surface area contributed by atoms with Crippen molar-refractivity contribution in [1.29, 1.82) is 0 Å². The highest BCUT2D eigenvalue weighted by Crippen LogP contribution is 2.29. The maximum atomic E-state index is 12.6. The molecule has 0 aromatic carbocycles. The van der Waals surface area contributed by atoms with E-state index in [4.69, 9.17) is 0 Å². The minimum absolute atomic E-state index is 0. The average Bonchev–Trinajstić information content (AvgIpc) is 2.78. The second kappa shape index (κ2) is 6.22. The van der Waals surface area contributed by atoms with Gasteiger partial charge in [-0.25, -0.2) is 0 Å². The molecule has 2 atom stereocenters. The Kier molecular flexibility index (Phi) is 5.44. The fourth-order valence-electron chi connectivity index (χ4n) is 2.97. The molecule has 18 heavy (non-hydrogen) atoms. The second-order valence-corrected chi connectivity index (χ2v) is 6.00. The molecule has 2 aliphatic rings. The zero-order valence-electron chi connectivity index (χ0n) is 11.7. The number of likely N-dealkylation sites (tertiary alicyclic amines) is 1. The first-order valence-electron chi connectivity index (χ1n) is 6.69. The number of hydrogen-bond donors (Lipinski definition) is 1. The lowest BCUT2D eigenvalue weighted by Gasteiger charge is -2.36. The van der Waals surface area contributed by atoms with Crippen LogP contribution in [0.5, 0.6) is 0 Å². The molecule has 1 amide bonds. The molecular weight excluding hydrogens is 250 g/mol. The van der Waals surface area contributed by atoms with Gasteiger partial charge in [-0.15, -0.1) is 12.4 Å². The van der Waals surface area contributed by atoms with Crippen LogP contribution in [0.3, 0.4) is 0 Å². The first-order chi connectivity index (χ1) is 8.03. The van der Waals surface area contributed by atoms with E-state index < -0.39 is 0 Å². The summed E-state index contributed by atoms with van der Waals surface area (Å²) in [6, 6.07) is 0.541. The molecule has 5 heteroatoms. The zero-order valence-corrected chi connectivity index (χ0v) is 12.6. The molecule has 0 aliphatic carbocycles. The predicted molar refractivity (Wildman–Crippen MR) is 76.1 cm³/mol. The van der Waals surface area contributed by atoms with Crippen LogP contribution >= 0.6 is 12.4 Å². The first-order valence-corrected chi connectivity index (χ1v) is 6.69. The van der Waals surface area contributed by atoms with Gasteiger partial charge in [-0.3, -0.25) is 4.79 Å². The minimum atomic E-state index is -0.167. The van der Waals surface area contributed by atoms with E-state index >= 15 is 0 Å². The second-order valence-electron chi connectivity index (χ2n) is 6.00. The highest BCUT2D eigenvalue weighted by molar-refractivity contribution is 5.85. The highest BCUT2D eigenvalue weighted by Gasteiger charge is 2.40. The maximum absolute atomic E-state index is 12.6. The van der Waals surface area contributed by atoms with Crippen molar-refractivity contribution in [1.82, 2.24) is 15.1 Å². The SMILES string of the molecule is CN(C)C1CCN(C(=O)C2(C)CCCNC2)C1.Cl. The van der Waals surface area contributed by atoms with Crippen LogP contribution in [0.1, 0.15) is 26.2 Å². The van der Waals surface area contributed by atoms with Crippen LogP contribution in [-0.2, 0) is 4.79 Å². The van der Waals surface area contributed by atoms with Crippen molar-refractivity contribution in [2.75, 3.05) is 40.3 Å². The third kappa shape index (κ3) is 3.16. The Labute approximate surface area is 116 Å². The molecule has 1 N–H and O–H groups in total. The van der Waals surface area contributed by atoms with E-state index in [1.54, 1.807) is 0 Å². The van der Waals surface area contributed by atoms with E-state index in [1.165, 1.54) is 0 Å². The van der Waals surface area contributed by atoms with Crippen molar-refractivity contribution in [3.8, 4) is 0 Å². The van der Waals surface area contributed by atoms with Gasteiger partial charge in [-0.1, -0.05) is 0 Å². The van der Waals surface area contributed by atoms with E-state index in [9.17, 15) is 4.79 Å². The Morgan fingerprint density at radius 3 is 2.67 bits per heavy atom. The topological polar surface area (TPSA) is 35.6 Å². The number of carbonyl (C=O) groups excluding carboxylic acids is 1. The van der Waals surface area contributed by atoms with Crippen LogP contribution in [-0.4, -0.2) is 62.0 Å². The Morgan fingerprint density at radius 2 is 2.17 bits per heavy atom. The third-order valence-corrected chi connectivity index (χ3v) is 4.29. The van der Waals surface area contributed by atoms with Crippen LogP contribution in [0.15, 0.2) is 0 Å². The van der Waals surface area contributed by atoms with E-state index in [-0.39, 0.29) is 17.8 Å². The number of halogens is 1. The summed E-state index contributed by atoms with van der Waals surface area (Å²) in [5, 5.41) is 3.36. The molecule has 0 radical (unpaired) electrons. The van der Waals surface area contributed by atoms with Gasteiger partial charge >= 0.3 is 0 Å². The highest BCUT2D eigenvalue weighted by atomic mass is 35.5. The van der Waals surface area contributed by atoms with Crippen molar-refractivity contribution in [3.05, 3.63) is 0 Å². The van der Waals surface area contributed by atoms with Crippen molar-refractivity contribution < 1.29 is 4.79 Å². The van der Waals surface area contributed by atoms with Gasteiger partial charge in [-0.05, 0) is 46.8 Å². The summed E-state index contributed by atoms with van der Waals surface area (Å²) >= 11 is 0. The van der Waals surface area contributed by atoms with Gasteiger partial charge in [0.15, 0.2) is 0 Å². The molecule has 0 saturated carbocycles. The molecule has 2 aliphatic heterocycles.